The summed E-state index contributed by atoms with van der Waals surface area (Å²) in [5.74, 6) is 0. The predicted molar refractivity (Wildman–Crippen MR) is 111 cm³/mol. The number of anilines is 1. The molecule has 140 valence electrons. The first-order valence-corrected chi connectivity index (χ1v) is 9.15. The highest BCUT2D eigenvalue weighted by molar-refractivity contribution is 5.89. The van der Waals surface area contributed by atoms with Crippen LogP contribution in [0.3, 0.4) is 0 Å². The number of rotatable bonds is 6. The summed E-state index contributed by atoms with van der Waals surface area (Å²) < 4.78 is 1.28. The number of pyridine rings is 2. The van der Waals surface area contributed by atoms with E-state index in [9.17, 15) is 4.79 Å². The zero-order chi connectivity index (χ0) is 19.3. The van der Waals surface area contributed by atoms with E-state index in [0.29, 0.717) is 18.8 Å². The Hall–Kier alpha value is -3.60. The van der Waals surface area contributed by atoms with E-state index in [0.717, 1.165) is 16.6 Å². The Balaban J connectivity index is 1.69. The fourth-order valence-electron chi connectivity index (χ4n) is 3.21. The van der Waals surface area contributed by atoms with Gasteiger partial charge in [-0.25, -0.2) is 4.98 Å². The third-order valence-corrected chi connectivity index (χ3v) is 4.59. The Morgan fingerprint density at radius 3 is 2.32 bits per heavy atom. The lowest BCUT2D eigenvalue weighted by Crippen LogP contribution is -2.29. The standard InChI is InChI=1S/C23H21N3O2/c1-25(16-18-9-4-2-5-10-18)21-15-22(27)26(23-20(21)13-8-14-24-23)28-17-19-11-6-3-7-12-19/h2-15H,16-17H2,1H3. The largest absolute Gasteiger partial charge is 0.404 e. The molecule has 0 saturated heterocycles. The van der Waals surface area contributed by atoms with Crippen LogP contribution in [-0.2, 0) is 13.2 Å². The van der Waals surface area contributed by atoms with Crippen LogP contribution in [0.25, 0.3) is 11.0 Å². The summed E-state index contributed by atoms with van der Waals surface area (Å²) in [7, 11) is 1.98. The summed E-state index contributed by atoms with van der Waals surface area (Å²) in [6.07, 6.45) is 1.67. The second-order valence-electron chi connectivity index (χ2n) is 6.64. The molecule has 0 unspecified atom stereocenters. The Morgan fingerprint density at radius 2 is 1.61 bits per heavy atom. The number of nitrogens with zero attached hydrogens (tertiary/aromatic N) is 3. The maximum atomic E-state index is 12.8. The molecule has 0 atom stereocenters. The van der Waals surface area contributed by atoms with Crippen molar-refractivity contribution < 1.29 is 4.84 Å². The molecule has 28 heavy (non-hydrogen) atoms. The molecule has 0 aliphatic heterocycles. The van der Waals surface area contributed by atoms with Gasteiger partial charge >= 0.3 is 0 Å². The summed E-state index contributed by atoms with van der Waals surface area (Å²) in [6.45, 7) is 0.991. The topological polar surface area (TPSA) is 47.4 Å². The van der Waals surface area contributed by atoms with Gasteiger partial charge in [0.1, 0.15) is 6.61 Å². The van der Waals surface area contributed by atoms with Crippen LogP contribution in [0.2, 0.25) is 0 Å². The van der Waals surface area contributed by atoms with Crippen molar-refractivity contribution in [1.29, 1.82) is 0 Å². The van der Waals surface area contributed by atoms with Gasteiger partial charge in [0.15, 0.2) is 5.65 Å². The summed E-state index contributed by atoms with van der Waals surface area (Å²) in [5.41, 5.74) is 3.27. The molecule has 0 N–H and O–H groups in total. The van der Waals surface area contributed by atoms with Crippen LogP contribution in [0, 0.1) is 0 Å². The van der Waals surface area contributed by atoms with Crippen LogP contribution in [0.15, 0.2) is 89.9 Å². The van der Waals surface area contributed by atoms with Crippen molar-refractivity contribution in [3.05, 3.63) is 107 Å². The van der Waals surface area contributed by atoms with E-state index in [2.05, 4.69) is 22.0 Å². The zero-order valence-corrected chi connectivity index (χ0v) is 15.7. The first-order valence-electron chi connectivity index (χ1n) is 9.15. The molecule has 0 saturated carbocycles. The van der Waals surface area contributed by atoms with Crippen molar-refractivity contribution in [2.24, 2.45) is 0 Å². The van der Waals surface area contributed by atoms with E-state index in [1.54, 1.807) is 12.3 Å². The molecule has 0 aliphatic carbocycles. The first-order chi connectivity index (χ1) is 13.7. The van der Waals surface area contributed by atoms with Crippen LogP contribution in [-0.4, -0.2) is 16.8 Å². The van der Waals surface area contributed by atoms with Crippen LogP contribution in [0.1, 0.15) is 11.1 Å². The molecule has 0 amide bonds. The average molecular weight is 371 g/mol. The number of hydrogen-bond donors (Lipinski definition) is 0. The van der Waals surface area contributed by atoms with E-state index in [1.165, 1.54) is 10.3 Å². The van der Waals surface area contributed by atoms with Crippen LogP contribution < -0.4 is 15.3 Å². The second kappa shape index (κ2) is 7.96. The van der Waals surface area contributed by atoms with Gasteiger partial charge in [0.25, 0.3) is 5.56 Å². The third-order valence-electron chi connectivity index (χ3n) is 4.59. The van der Waals surface area contributed by atoms with Crippen LogP contribution >= 0.6 is 0 Å². The van der Waals surface area contributed by atoms with Gasteiger partial charge < -0.3 is 9.74 Å². The lowest BCUT2D eigenvalue weighted by molar-refractivity contribution is 0.0980. The molecule has 2 aromatic carbocycles. The summed E-state index contributed by atoms with van der Waals surface area (Å²) in [5, 5.41) is 0.869. The minimum Gasteiger partial charge on any atom is -0.404 e. The van der Waals surface area contributed by atoms with Crippen LogP contribution in [0.4, 0.5) is 5.69 Å². The first kappa shape index (κ1) is 17.8. The van der Waals surface area contributed by atoms with Gasteiger partial charge in [0.2, 0.25) is 0 Å². The number of aromatic nitrogens is 2. The number of hydrogen-bond acceptors (Lipinski definition) is 4. The van der Waals surface area contributed by atoms with E-state index < -0.39 is 0 Å². The van der Waals surface area contributed by atoms with Gasteiger partial charge in [-0.3, -0.25) is 4.79 Å². The summed E-state index contributed by atoms with van der Waals surface area (Å²) >= 11 is 0. The molecule has 5 heteroatoms. The Morgan fingerprint density at radius 1 is 0.929 bits per heavy atom. The van der Waals surface area contributed by atoms with E-state index >= 15 is 0 Å². The molecule has 4 rings (SSSR count). The van der Waals surface area contributed by atoms with Gasteiger partial charge in [0, 0.05) is 31.2 Å². The highest BCUT2D eigenvalue weighted by atomic mass is 16.7. The van der Waals surface area contributed by atoms with E-state index in [-0.39, 0.29) is 5.56 Å². The maximum Gasteiger partial charge on any atom is 0.287 e. The van der Waals surface area contributed by atoms with Gasteiger partial charge in [-0.05, 0) is 23.3 Å². The highest BCUT2D eigenvalue weighted by Crippen LogP contribution is 2.24. The molecule has 5 nitrogen and oxygen atoms in total. The second-order valence-corrected chi connectivity index (χ2v) is 6.64. The Bertz CT molecular complexity index is 1120. The molecular formula is C23H21N3O2. The number of benzene rings is 2. The molecule has 0 radical (unpaired) electrons. The van der Waals surface area contributed by atoms with E-state index in [4.69, 9.17) is 4.84 Å². The van der Waals surface area contributed by atoms with Crippen molar-refractivity contribution in [3.8, 4) is 0 Å². The molecule has 0 fully saturated rings. The Kier molecular flexibility index (Phi) is 5.06. The van der Waals surface area contributed by atoms with E-state index in [1.807, 2.05) is 67.7 Å². The Labute approximate surface area is 163 Å². The molecule has 0 aliphatic rings. The monoisotopic (exact) mass is 371 g/mol. The molecule has 4 aromatic rings. The zero-order valence-electron chi connectivity index (χ0n) is 15.7. The summed E-state index contributed by atoms with van der Waals surface area (Å²) in [6, 6.07) is 25.4. The van der Waals surface area contributed by atoms with Crippen molar-refractivity contribution in [3.63, 3.8) is 0 Å². The molecule has 2 aromatic heterocycles. The van der Waals surface area contributed by atoms with Crippen molar-refractivity contribution in [1.82, 2.24) is 9.71 Å². The average Bonchev–Trinajstić information content (AvgIpc) is 2.74. The fraction of sp³-hybridized carbons (Fsp3) is 0.130. The van der Waals surface area contributed by atoms with Gasteiger partial charge in [-0.15, -0.1) is 4.73 Å². The minimum atomic E-state index is -0.239. The molecule has 2 heterocycles. The van der Waals surface area contributed by atoms with Gasteiger partial charge in [-0.2, -0.15) is 0 Å². The minimum absolute atomic E-state index is 0.239. The van der Waals surface area contributed by atoms with Crippen LogP contribution in [0.5, 0.6) is 0 Å². The normalized spacial score (nSPS) is 10.8. The lowest BCUT2D eigenvalue weighted by Gasteiger charge is -2.22. The smallest absolute Gasteiger partial charge is 0.287 e. The van der Waals surface area contributed by atoms with Crippen molar-refractivity contribution in [2.75, 3.05) is 11.9 Å². The SMILES string of the molecule is CN(Cc1ccccc1)c1cc(=O)n(OCc2ccccc2)c2ncccc12. The molecular weight excluding hydrogens is 350 g/mol. The lowest BCUT2D eigenvalue weighted by atomic mass is 10.2. The summed E-state index contributed by atoms with van der Waals surface area (Å²) in [4.78, 5) is 25.1. The predicted octanol–water partition coefficient (Wildman–Crippen LogP) is 3.66. The van der Waals surface area contributed by atoms with Gasteiger partial charge in [0.05, 0.1) is 5.69 Å². The molecule has 0 bridgehead atoms. The van der Waals surface area contributed by atoms with Crippen molar-refractivity contribution in [2.45, 2.75) is 13.2 Å². The highest BCUT2D eigenvalue weighted by Gasteiger charge is 2.14. The maximum absolute atomic E-state index is 12.8. The number of fused-ring (bicyclic) bond motifs is 1. The van der Waals surface area contributed by atoms with Crippen molar-refractivity contribution >= 4 is 16.7 Å². The quantitative estimate of drug-likeness (QED) is 0.519. The molecule has 0 spiro atoms. The fourth-order valence-corrected chi connectivity index (χ4v) is 3.21. The third kappa shape index (κ3) is 3.74. The van der Waals surface area contributed by atoms with Gasteiger partial charge in [-0.1, -0.05) is 60.7 Å².